The number of rotatable bonds is 10. The Bertz CT molecular complexity index is 661. The van der Waals surface area contributed by atoms with E-state index >= 15 is 0 Å². The van der Waals surface area contributed by atoms with Gasteiger partial charge in [0.15, 0.2) is 0 Å². The highest BCUT2D eigenvalue weighted by Gasteiger charge is 2.37. The van der Waals surface area contributed by atoms with Gasteiger partial charge >= 0.3 is 0 Å². The van der Waals surface area contributed by atoms with Crippen LogP contribution >= 0.6 is 12.4 Å². The molecule has 1 aromatic heterocycles. The maximum Gasteiger partial charge on any atom is 0.225 e. The van der Waals surface area contributed by atoms with Gasteiger partial charge in [0.05, 0.1) is 0 Å². The number of amides is 2. The molecule has 2 amide bonds. The topological polar surface area (TPSA) is 104 Å². The number of aromatic nitrogens is 2. The van der Waals surface area contributed by atoms with Crippen LogP contribution in [0.1, 0.15) is 51.4 Å². The van der Waals surface area contributed by atoms with Crippen LogP contribution in [0, 0.1) is 5.41 Å². The highest BCUT2D eigenvalue weighted by atomic mass is 35.5. The number of nitrogens with zero attached hydrogens (tertiary/aromatic N) is 4. The van der Waals surface area contributed by atoms with Crippen molar-refractivity contribution in [1.82, 2.24) is 20.2 Å². The van der Waals surface area contributed by atoms with Gasteiger partial charge in [0, 0.05) is 58.0 Å². The summed E-state index contributed by atoms with van der Waals surface area (Å²) in [4.78, 5) is 37.0. The molecular weight excluding hydrogens is 404 g/mol. The molecule has 0 bridgehead atoms. The minimum Gasteiger partial charge on any atom is -0.370 e. The van der Waals surface area contributed by atoms with Crippen LogP contribution in [0.15, 0.2) is 18.5 Å². The van der Waals surface area contributed by atoms with Gasteiger partial charge in [-0.15, -0.1) is 12.4 Å². The molecule has 0 spiro atoms. The monoisotopic (exact) mass is 438 g/mol. The molecule has 3 N–H and O–H groups in total. The van der Waals surface area contributed by atoms with Gasteiger partial charge in [-0.05, 0) is 43.7 Å². The smallest absolute Gasteiger partial charge is 0.225 e. The summed E-state index contributed by atoms with van der Waals surface area (Å²) >= 11 is 0. The summed E-state index contributed by atoms with van der Waals surface area (Å²) in [6.07, 6.45) is 10.4. The van der Waals surface area contributed by atoms with Crippen molar-refractivity contribution in [2.45, 2.75) is 51.4 Å². The van der Waals surface area contributed by atoms with Gasteiger partial charge in [-0.25, -0.2) is 9.97 Å². The van der Waals surface area contributed by atoms with E-state index in [0.717, 1.165) is 77.2 Å². The number of carbonyl (C=O) groups is 2. The number of hydrogen-bond donors (Lipinski definition) is 2. The summed E-state index contributed by atoms with van der Waals surface area (Å²) in [5.74, 6) is 0.578. The predicted octanol–water partition coefficient (Wildman–Crippen LogP) is 1.74. The number of nitrogens with one attached hydrogen (secondary N) is 1. The lowest BCUT2D eigenvalue weighted by Gasteiger charge is -2.34. The second-order valence-electron chi connectivity index (χ2n) is 8.46. The van der Waals surface area contributed by atoms with Crippen molar-refractivity contribution in [2.24, 2.45) is 11.1 Å². The molecular formula is C21H35ClN6O2. The van der Waals surface area contributed by atoms with Crippen LogP contribution in [0.25, 0.3) is 0 Å². The van der Waals surface area contributed by atoms with Crippen molar-refractivity contribution in [2.75, 3.05) is 44.2 Å². The molecule has 3 rings (SSSR count). The number of piperazine rings is 1. The summed E-state index contributed by atoms with van der Waals surface area (Å²) in [7, 11) is 0. The molecule has 2 heterocycles. The number of unbranched alkanes of at least 4 members (excludes halogenated alkanes) is 1. The number of primary amides is 1. The van der Waals surface area contributed by atoms with Gasteiger partial charge in [0.2, 0.25) is 17.8 Å². The van der Waals surface area contributed by atoms with Crippen molar-refractivity contribution >= 4 is 30.2 Å². The summed E-state index contributed by atoms with van der Waals surface area (Å²) in [6, 6.07) is 1.84. The zero-order valence-electron chi connectivity index (χ0n) is 17.7. The molecule has 0 atom stereocenters. The van der Waals surface area contributed by atoms with Gasteiger partial charge in [-0.1, -0.05) is 12.8 Å². The molecule has 1 aromatic rings. The Hall–Kier alpha value is -1.93. The van der Waals surface area contributed by atoms with E-state index in [-0.39, 0.29) is 29.6 Å². The number of nitrogens with two attached hydrogens (primary N) is 1. The van der Waals surface area contributed by atoms with E-state index in [4.69, 9.17) is 5.73 Å². The van der Waals surface area contributed by atoms with Crippen molar-refractivity contribution in [3.8, 4) is 0 Å². The van der Waals surface area contributed by atoms with Gasteiger partial charge in [0.1, 0.15) is 0 Å². The lowest BCUT2D eigenvalue weighted by atomic mass is 9.79. The minimum absolute atomic E-state index is 0. The molecule has 9 heteroatoms. The molecule has 30 heavy (non-hydrogen) atoms. The van der Waals surface area contributed by atoms with E-state index in [9.17, 15) is 9.59 Å². The highest BCUT2D eigenvalue weighted by molar-refractivity contribution is 5.85. The quantitative estimate of drug-likeness (QED) is 0.539. The van der Waals surface area contributed by atoms with Crippen molar-refractivity contribution < 1.29 is 9.59 Å². The average Bonchev–Trinajstić information content (AvgIpc) is 3.16. The summed E-state index contributed by atoms with van der Waals surface area (Å²) < 4.78 is 0. The molecule has 0 aromatic carbocycles. The van der Waals surface area contributed by atoms with E-state index in [1.165, 1.54) is 0 Å². The Morgan fingerprint density at radius 2 is 1.70 bits per heavy atom. The third-order valence-electron chi connectivity index (χ3n) is 6.18. The van der Waals surface area contributed by atoms with E-state index in [1.54, 1.807) is 12.4 Å². The minimum atomic E-state index is -0.293. The van der Waals surface area contributed by atoms with Gasteiger partial charge in [-0.3, -0.25) is 14.5 Å². The normalized spacial score (nSPS) is 18.6. The molecule has 1 saturated carbocycles. The molecule has 8 nitrogen and oxygen atoms in total. The Balaban J connectivity index is 0.00000320. The SMILES string of the molecule is Cl.NC(=O)CC1(CC(=O)NCCCCN2CCN(c3ncccn3)CC2)CCCC1. The fraction of sp³-hybridized carbons (Fsp3) is 0.714. The van der Waals surface area contributed by atoms with Crippen LogP contribution in [-0.4, -0.2) is 66.0 Å². The van der Waals surface area contributed by atoms with Crippen LogP contribution in [0.2, 0.25) is 0 Å². The number of anilines is 1. The Kier molecular flexibility index (Phi) is 9.78. The maximum atomic E-state index is 12.3. The molecule has 168 valence electrons. The first-order valence-electron chi connectivity index (χ1n) is 10.9. The molecule has 2 fully saturated rings. The lowest BCUT2D eigenvalue weighted by molar-refractivity contribution is -0.125. The van der Waals surface area contributed by atoms with Crippen LogP contribution in [0.4, 0.5) is 5.95 Å². The van der Waals surface area contributed by atoms with Crippen LogP contribution in [-0.2, 0) is 9.59 Å². The van der Waals surface area contributed by atoms with Crippen LogP contribution < -0.4 is 16.0 Å². The summed E-state index contributed by atoms with van der Waals surface area (Å²) in [5.41, 5.74) is 5.20. The molecule has 1 aliphatic carbocycles. The summed E-state index contributed by atoms with van der Waals surface area (Å²) in [5, 5.41) is 3.04. The highest BCUT2D eigenvalue weighted by Crippen LogP contribution is 2.43. The third kappa shape index (κ3) is 7.40. The zero-order valence-corrected chi connectivity index (χ0v) is 18.5. The number of hydrogen-bond acceptors (Lipinski definition) is 6. The van der Waals surface area contributed by atoms with Gasteiger partial charge in [-0.2, -0.15) is 0 Å². The van der Waals surface area contributed by atoms with Gasteiger partial charge in [0.25, 0.3) is 0 Å². The molecule has 1 aliphatic heterocycles. The fourth-order valence-electron chi connectivity index (χ4n) is 4.63. The van der Waals surface area contributed by atoms with Crippen molar-refractivity contribution in [3.05, 3.63) is 18.5 Å². The van der Waals surface area contributed by atoms with E-state index in [0.29, 0.717) is 19.4 Å². The largest absolute Gasteiger partial charge is 0.370 e. The Morgan fingerprint density at radius 1 is 1.03 bits per heavy atom. The van der Waals surface area contributed by atoms with Crippen molar-refractivity contribution in [1.29, 1.82) is 0 Å². The first-order chi connectivity index (χ1) is 14.1. The standard InChI is InChI=1S/C21H34N6O2.ClH/c22-18(28)16-21(6-1-2-7-21)17-19(29)23-8-3-4-11-26-12-14-27(15-13-26)20-24-9-5-10-25-20;/h5,9-10H,1-4,6-8,11-17H2,(H2,22,28)(H,23,29);1H. The molecule has 2 aliphatic rings. The summed E-state index contributed by atoms with van der Waals surface area (Å²) in [6.45, 7) is 5.67. The molecule has 0 radical (unpaired) electrons. The van der Waals surface area contributed by atoms with Crippen molar-refractivity contribution in [3.63, 3.8) is 0 Å². The van der Waals surface area contributed by atoms with E-state index in [2.05, 4.69) is 25.1 Å². The third-order valence-corrected chi connectivity index (χ3v) is 6.18. The Labute approximate surface area is 185 Å². The predicted molar refractivity (Wildman–Crippen MR) is 120 cm³/mol. The number of carbonyl (C=O) groups excluding carboxylic acids is 2. The fourth-order valence-corrected chi connectivity index (χ4v) is 4.63. The van der Waals surface area contributed by atoms with Gasteiger partial charge < -0.3 is 16.0 Å². The second-order valence-corrected chi connectivity index (χ2v) is 8.46. The second kappa shape index (κ2) is 12.1. The first-order valence-corrected chi connectivity index (χ1v) is 10.9. The zero-order chi connectivity index (χ0) is 20.5. The molecule has 0 unspecified atom stereocenters. The average molecular weight is 439 g/mol. The van der Waals surface area contributed by atoms with Crippen LogP contribution in [0.3, 0.4) is 0 Å². The lowest BCUT2D eigenvalue weighted by Crippen LogP contribution is -2.47. The first kappa shape index (κ1) is 24.3. The Morgan fingerprint density at radius 3 is 2.33 bits per heavy atom. The van der Waals surface area contributed by atoms with Crippen LogP contribution in [0.5, 0.6) is 0 Å². The maximum absolute atomic E-state index is 12.3. The number of halogens is 1. The van der Waals surface area contributed by atoms with E-state index in [1.807, 2.05) is 6.07 Å². The molecule has 1 saturated heterocycles. The van der Waals surface area contributed by atoms with E-state index < -0.39 is 0 Å².